The van der Waals surface area contributed by atoms with Crippen LogP contribution in [0.5, 0.6) is 0 Å². The second kappa shape index (κ2) is 11.7. The summed E-state index contributed by atoms with van der Waals surface area (Å²) in [6, 6.07) is 0.301. The van der Waals surface area contributed by atoms with E-state index in [0.717, 1.165) is 77.7 Å². The largest absolute Gasteiger partial charge is 0.379 e. The van der Waals surface area contributed by atoms with E-state index >= 15 is 0 Å². The summed E-state index contributed by atoms with van der Waals surface area (Å²) in [6.07, 6.45) is 13.5. The highest BCUT2D eigenvalue weighted by atomic mass is 16.5. The van der Waals surface area contributed by atoms with Crippen LogP contribution in [0.15, 0.2) is 4.99 Å². The fourth-order valence-electron chi connectivity index (χ4n) is 6.27. The number of carbonyl (C=O) groups is 1. The molecule has 0 aromatic carbocycles. The Labute approximate surface area is 194 Å². The number of nitrogens with one attached hydrogen (secondary N) is 2. The third kappa shape index (κ3) is 6.37. The van der Waals surface area contributed by atoms with Gasteiger partial charge < -0.3 is 20.3 Å². The Kier molecular flexibility index (Phi) is 8.69. The maximum absolute atomic E-state index is 12.9. The third-order valence-corrected chi connectivity index (χ3v) is 8.23. The van der Waals surface area contributed by atoms with Crippen LogP contribution in [-0.2, 0) is 9.53 Å². The average molecular weight is 448 g/mol. The topological polar surface area (TPSA) is 69.2 Å². The van der Waals surface area contributed by atoms with Crippen molar-refractivity contribution in [3.8, 4) is 0 Å². The van der Waals surface area contributed by atoms with Gasteiger partial charge in [-0.1, -0.05) is 38.5 Å². The summed E-state index contributed by atoms with van der Waals surface area (Å²) in [5.41, 5.74) is 0.325. The van der Waals surface area contributed by atoms with Crippen molar-refractivity contribution in [3.05, 3.63) is 0 Å². The predicted octanol–water partition coefficient (Wildman–Crippen LogP) is 2.62. The summed E-state index contributed by atoms with van der Waals surface area (Å²) in [5, 5.41) is 7.31. The minimum absolute atomic E-state index is 0.270. The Balaban J connectivity index is 1.26. The molecule has 0 aromatic rings. The van der Waals surface area contributed by atoms with Crippen LogP contribution in [-0.4, -0.2) is 87.2 Å². The van der Waals surface area contributed by atoms with E-state index in [1.807, 2.05) is 7.05 Å². The summed E-state index contributed by atoms with van der Waals surface area (Å²) in [5.74, 6) is 1.56. The van der Waals surface area contributed by atoms with Gasteiger partial charge >= 0.3 is 0 Å². The number of ether oxygens (including phenoxy) is 1. The normalized spacial score (nSPS) is 28.0. The van der Waals surface area contributed by atoms with Crippen LogP contribution in [0.25, 0.3) is 0 Å². The first-order valence-corrected chi connectivity index (χ1v) is 13.2. The molecule has 2 saturated heterocycles. The number of nitrogens with zero attached hydrogens (tertiary/aromatic N) is 3. The van der Waals surface area contributed by atoms with E-state index in [-0.39, 0.29) is 5.92 Å². The molecule has 2 aliphatic carbocycles. The highest BCUT2D eigenvalue weighted by Gasteiger charge is 2.35. The van der Waals surface area contributed by atoms with Crippen molar-refractivity contribution < 1.29 is 9.53 Å². The first-order chi connectivity index (χ1) is 15.7. The Morgan fingerprint density at radius 2 is 1.72 bits per heavy atom. The van der Waals surface area contributed by atoms with Gasteiger partial charge in [-0.2, -0.15) is 0 Å². The van der Waals surface area contributed by atoms with E-state index in [0.29, 0.717) is 17.4 Å². The number of hydrogen-bond donors (Lipinski definition) is 2. The molecule has 7 nitrogen and oxygen atoms in total. The molecule has 2 aliphatic heterocycles. The number of likely N-dealkylation sites (tertiary alicyclic amines) is 1. The molecule has 7 heteroatoms. The molecular formula is C25H45N5O2. The van der Waals surface area contributed by atoms with Crippen molar-refractivity contribution >= 4 is 11.9 Å². The smallest absolute Gasteiger partial charge is 0.225 e. The molecule has 32 heavy (non-hydrogen) atoms. The minimum Gasteiger partial charge on any atom is -0.379 e. The first kappa shape index (κ1) is 23.8. The van der Waals surface area contributed by atoms with Gasteiger partial charge in [-0.25, -0.2) is 0 Å². The lowest BCUT2D eigenvalue weighted by atomic mass is 9.73. The maximum Gasteiger partial charge on any atom is 0.225 e. The summed E-state index contributed by atoms with van der Waals surface area (Å²) in [4.78, 5) is 22.1. The zero-order valence-corrected chi connectivity index (χ0v) is 20.2. The van der Waals surface area contributed by atoms with Crippen LogP contribution >= 0.6 is 0 Å². The highest BCUT2D eigenvalue weighted by molar-refractivity contribution is 5.81. The molecule has 1 atom stereocenters. The molecule has 4 fully saturated rings. The molecule has 0 aromatic heterocycles. The van der Waals surface area contributed by atoms with E-state index in [4.69, 9.17) is 4.74 Å². The quantitative estimate of drug-likeness (QED) is 0.484. The molecule has 1 amide bonds. The zero-order chi connectivity index (χ0) is 22.2. The van der Waals surface area contributed by atoms with Crippen LogP contribution in [0.4, 0.5) is 0 Å². The summed E-state index contributed by atoms with van der Waals surface area (Å²) in [7, 11) is 1.87. The Hall–Kier alpha value is -1.34. The second-order valence-corrected chi connectivity index (χ2v) is 10.6. The maximum atomic E-state index is 12.9. The number of hydrogen-bond acceptors (Lipinski definition) is 4. The van der Waals surface area contributed by atoms with Gasteiger partial charge in [-0.05, 0) is 32.1 Å². The SMILES string of the molecule is CN=C(NCC1(CN2CCOCC2)CCCCC1)NC1CCN(C(=O)C2CCCCC2)C1. The Bertz CT molecular complexity index is 622. The van der Waals surface area contributed by atoms with Gasteiger partial charge in [0.25, 0.3) is 0 Å². The summed E-state index contributed by atoms with van der Waals surface area (Å²) in [6.45, 7) is 7.67. The molecule has 4 rings (SSSR count). The molecule has 0 spiro atoms. The minimum atomic E-state index is 0.270. The number of carbonyl (C=O) groups excluding carboxylic acids is 1. The molecule has 2 N–H and O–H groups in total. The van der Waals surface area contributed by atoms with Gasteiger partial charge in [-0.3, -0.25) is 14.7 Å². The van der Waals surface area contributed by atoms with Crippen LogP contribution in [0.1, 0.15) is 70.6 Å². The van der Waals surface area contributed by atoms with E-state index in [1.54, 1.807) is 0 Å². The van der Waals surface area contributed by atoms with Crippen LogP contribution in [0.3, 0.4) is 0 Å². The van der Waals surface area contributed by atoms with Gasteiger partial charge in [0.1, 0.15) is 0 Å². The van der Waals surface area contributed by atoms with E-state index in [9.17, 15) is 4.79 Å². The van der Waals surface area contributed by atoms with Crippen molar-refractivity contribution in [1.82, 2.24) is 20.4 Å². The average Bonchev–Trinajstić information content (AvgIpc) is 3.31. The van der Waals surface area contributed by atoms with E-state index in [1.165, 1.54) is 51.4 Å². The second-order valence-electron chi connectivity index (χ2n) is 10.6. The van der Waals surface area contributed by atoms with Gasteiger partial charge in [0, 0.05) is 63.7 Å². The summed E-state index contributed by atoms with van der Waals surface area (Å²) >= 11 is 0. The first-order valence-electron chi connectivity index (χ1n) is 13.2. The number of morpholine rings is 1. The van der Waals surface area contributed by atoms with Gasteiger partial charge in [0.2, 0.25) is 5.91 Å². The number of amides is 1. The van der Waals surface area contributed by atoms with Gasteiger partial charge in [0.15, 0.2) is 5.96 Å². The monoisotopic (exact) mass is 447 g/mol. The molecule has 1 unspecified atom stereocenters. The van der Waals surface area contributed by atoms with Crippen LogP contribution < -0.4 is 10.6 Å². The van der Waals surface area contributed by atoms with Gasteiger partial charge in [0.05, 0.1) is 13.2 Å². The molecule has 2 saturated carbocycles. The standard InChI is InChI=1S/C25H45N5O2/c1-26-24(28-22-10-13-30(18-22)23(31)21-8-4-2-5-9-21)27-19-25(11-6-3-7-12-25)20-29-14-16-32-17-15-29/h21-22H,2-20H2,1H3,(H2,26,27,28). The lowest BCUT2D eigenvalue weighted by Crippen LogP contribution is -2.52. The lowest BCUT2D eigenvalue weighted by Gasteiger charge is -2.42. The highest BCUT2D eigenvalue weighted by Crippen LogP contribution is 2.37. The lowest BCUT2D eigenvalue weighted by molar-refractivity contribution is -0.135. The molecule has 182 valence electrons. The molecule has 4 aliphatic rings. The number of guanidine groups is 1. The van der Waals surface area contributed by atoms with Crippen molar-refractivity contribution in [2.45, 2.75) is 76.7 Å². The molecule has 2 heterocycles. The molecule has 0 radical (unpaired) electrons. The fraction of sp³-hybridized carbons (Fsp3) is 0.920. The zero-order valence-electron chi connectivity index (χ0n) is 20.2. The Morgan fingerprint density at radius 1 is 1.00 bits per heavy atom. The van der Waals surface area contributed by atoms with E-state index < -0.39 is 0 Å². The molecule has 0 bridgehead atoms. The summed E-state index contributed by atoms with van der Waals surface area (Å²) < 4.78 is 5.56. The predicted molar refractivity (Wildman–Crippen MR) is 129 cm³/mol. The number of rotatable bonds is 6. The van der Waals surface area contributed by atoms with Crippen molar-refractivity contribution in [2.24, 2.45) is 16.3 Å². The fourth-order valence-corrected chi connectivity index (χ4v) is 6.27. The van der Waals surface area contributed by atoms with Crippen LogP contribution in [0.2, 0.25) is 0 Å². The van der Waals surface area contributed by atoms with Crippen LogP contribution in [0, 0.1) is 11.3 Å². The van der Waals surface area contributed by atoms with Crippen molar-refractivity contribution in [3.63, 3.8) is 0 Å². The van der Waals surface area contributed by atoms with Crippen molar-refractivity contribution in [2.75, 3.05) is 59.5 Å². The van der Waals surface area contributed by atoms with E-state index in [2.05, 4.69) is 25.4 Å². The molecular weight excluding hydrogens is 402 g/mol. The Morgan fingerprint density at radius 3 is 2.44 bits per heavy atom. The number of aliphatic imine (C=N–C) groups is 1. The van der Waals surface area contributed by atoms with Gasteiger partial charge in [-0.15, -0.1) is 0 Å². The third-order valence-electron chi connectivity index (χ3n) is 8.23. The van der Waals surface area contributed by atoms with Crippen molar-refractivity contribution in [1.29, 1.82) is 0 Å².